The summed E-state index contributed by atoms with van der Waals surface area (Å²) in [6.45, 7) is 4.89. The molecule has 0 saturated heterocycles. The average molecular weight is 219 g/mol. The highest BCUT2D eigenvalue weighted by Crippen LogP contribution is 2.35. The molecule has 2 N–H and O–H groups in total. The van der Waals surface area contributed by atoms with E-state index in [0.717, 1.165) is 23.0 Å². The van der Waals surface area contributed by atoms with Crippen molar-refractivity contribution in [1.82, 2.24) is 4.98 Å². The minimum absolute atomic E-state index is 0.583. The standard InChI is InChI=1S/C13H21N3/c1-9-6-11(8-14)7-13(15-9)16(3)10(2)12-4-5-12/h6-7,10,12H,4-5,8,14H2,1-3H3. The van der Waals surface area contributed by atoms with Gasteiger partial charge in [0.15, 0.2) is 0 Å². The van der Waals surface area contributed by atoms with Crippen molar-refractivity contribution in [1.29, 1.82) is 0 Å². The van der Waals surface area contributed by atoms with Gasteiger partial charge in [0.1, 0.15) is 5.82 Å². The summed E-state index contributed by atoms with van der Waals surface area (Å²) in [6, 6.07) is 4.74. The molecule has 3 nitrogen and oxygen atoms in total. The summed E-state index contributed by atoms with van der Waals surface area (Å²) in [4.78, 5) is 6.86. The van der Waals surface area contributed by atoms with E-state index < -0.39 is 0 Å². The van der Waals surface area contributed by atoms with E-state index in [1.165, 1.54) is 12.8 Å². The molecule has 0 radical (unpaired) electrons. The first-order valence-electron chi connectivity index (χ1n) is 6.02. The normalized spacial score (nSPS) is 17.2. The van der Waals surface area contributed by atoms with Gasteiger partial charge in [-0.25, -0.2) is 4.98 Å². The van der Waals surface area contributed by atoms with Crippen molar-refractivity contribution in [3.05, 3.63) is 23.4 Å². The van der Waals surface area contributed by atoms with Crippen LogP contribution in [0.1, 0.15) is 31.0 Å². The van der Waals surface area contributed by atoms with Gasteiger partial charge in [-0.15, -0.1) is 0 Å². The van der Waals surface area contributed by atoms with E-state index in [9.17, 15) is 0 Å². The van der Waals surface area contributed by atoms with Crippen molar-refractivity contribution in [2.45, 2.75) is 39.3 Å². The minimum atomic E-state index is 0.583. The number of aryl methyl sites for hydroxylation is 1. The Morgan fingerprint density at radius 2 is 2.19 bits per heavy atom. The molecule has 1 fully saturated rings. The first-order chi connectivity index (χ1) is 7.61. The molecule has 1 aliphatic carbocycles. The fourth-order valence-electron chi connectivity index (χ4n) is 2.12. The third kappa shape index (κ3) is 2.35. The predicted octanol–water partition coefficient (Wildman–Crippen LogP) is 2.08. The molecule has 2 rings (SSSR count). The van der Waals surface area contributed by atoms with E-state index in [0.29, 0.717) is 12.6 Å². The van der Waals surface area contributed by atoms with Crippen LogP contribution in [0, 0.1) is 12.8 Å². The van der Waals surface area contributed by atoms with E-state index >= 15 is 0 Å². The Hall–Kier alpha value is -1.09. The summed E-state index contributed by atoms with van der Waals surface area (Å²) in [5, 5.41) is 0. The van der Waals surface area contributed by atoms with Crippen LogP contribution in [0.15, 0.2) is 12.1 Å². The van der Waals surface area contributed by atoms with Crippen molar-refractivity contribution in [2.75, 3.05) is 11.9 Å². The van der Waals surface area contributed by atoms with Crippen molar-refractivity contribution in [3.8, 4) is 0 Å². The van der Waals surface area contributed by atoms with Gasteiger partial charge in [-0.05, 0) is 50.3 Å². The van der Waals surface area contributed by atoms with Crippen LogP contribution in [0.25, 0.3) is 0 Å². The van der Waals surface area contributed by atoms with Crippen molar-refractivity contribution in [3.63, 3.8) is 0 Å². The van der Waals surface area contributed by atoms with E-state index in [1.54, 1.807) is 0 Å². The van der Waals surface area contributed by atoms with Crippen LogP contribution in [-0.2, 0) is 6.54 Å². The predicted molar refractivity (Wildman–Crippen MR) is 67.5 cm³/mol. The van der Waals surface area contributed by atoms with E-state index in [1.807, 2.05) is 6.92 Å². The Morgan fingerprint density at radius 1 is 1.50 bits per heavy atom. The molecule has 1 atom stereocenters. The Labute approximate surface area is 97.7 Å². The van der Waals surface area contributed by atoms with E-state index in [4.69, 9.17) is 5.73 Å². The molecule has 1 aliphatic rings. The molecule has 0 spiro atoms. The van der Waals surface area contributed by atoms with Gasteiger partial charge in [0.25, 0.3) is 0 Å². The smallest absolute Gasteiger partial charge is 0.129 e. The molecule has 88 valence electrons. The summed E-state index contributed by atoms with van der Waals surface area (Å²) in [5.41, 5.74) is 7.90. The molecular weight excluding hydrogens is 198 g/mol. The van der Waals surface area contributed by atoms with Gasteiger partial charge in [-0.3, -0.25) is 0 Å². The monoisotopic (exact) mass is 219 g/mol. The number of nitrogens with zero attached hydrogens (tertiary/aromatic N) is 2. The van der Waals surface area contributed by atoms with Gasteiger partial charge in [0, 0.05) is 25.3 Å². The number of rotatable bonds is 4. The third-order valence-corrected chi connectivity index (χ3v) is 3.51. The van der Waals surface area contributed by atoms with Crippen LogP contribution < -0.4 is 10.6 Å². The highest BCUT2D eigenvalue weighted by atomic mass is 15.2. The summed E-state index contributed by atoms with van der Waals surface area (Å²) < 4.78 is 0. The fraction of sp³-hybridized carbons (Fsp3) is 0.615. The zero-order valence-corrected chi connectivity index (χ0v) is 10.4. The topological polar surface area (TPSA) is 42.1 Å². The highest BCUT2D eigenvalue weighted by molar-refractivity contribution is 5.43. The Balaban J connectivity index is 2.20. The summed E-state index contributed by atoms with van der Waals surface area (Å²) in [5.74, 6) is 1.91. The second-order valence-electron chi connectivity index (χ2n) is 4.87. The Morgan fingerprint density at radius 3 is 2.75 bits per heavy atom. The lowest BCUT2D eigenvalue weighted by Crippen LogP contribution is -2.31. The van der Waals surface area contributed by atoms with Crippen LogP contribution >= 0.6 is 0 Å². The molecule has 1 saturated carbocycles. The fourth-order valence-corrected chi connectivity index (χ4v) is 2.12. The van der Waals surface area contributed by atoms with Crippen molar-refractivity contribution in [2.24, 2.45) is 11.7 Å². The number of aromatic nitrogens is 1. The molecule has 0 aliphatic heterocycles. The van der Waals surface area contributed by atoms with Gasteiger partial charge in [-0.2, -0.15) is 0 Å². The van der Waals surface area contributed by atoms with Crippen LogP contribution in [0.3, 0.4) is 0 Å². The number of anilines is 1. The third-order valence-electron chi connectivity index (χ3n) is 3.51. The minimum Gasteiger partial charge on any atom is -0.357 e. The number of hydrogen-bond acceptors (Lipinski definition) is 3. The zero-order chi connectivity index (χ0) is 11.7. The number of pyridine rings is 1. The lowest BCUT2D eigenvalue weighted by Gasteiger charge is -2.26. The molecule has 0 aromatic carbocycles. The lowest BCUT2D eigenvalue weighted by atomic mass is 10.1. The SMILES string of the molecule is Cc1cc(CN)cc(N(C)C(C)C2CC2)n1. The van der Waals surface area contributed by atoms with Crippen molar-refractivity contribution >= 4 is 5.82 Å². The van der Waals surface area contributed by atoms with Crippen molar-refractivity contribution < 1.29 is 0 Å². The molecule has 1 aromatic rings. The molecule has 0 amide bonds. The molecule has 1 heterocycles. The van der Waals surface area contributed by atoms with Crippen LogP contribution in [-0.4, -0.2) is 18.1 Å². The number of hydrogen-bond donors (Lipinski definition) is 1. The molecule has 0 bridgehead atoms. The first-order valence-corrected chi connectivity index (χ1v) is 6.02. The Kier molecular flexibility index (Phi) is 3.15. The van der Waals surface area contributed by atoms with Crippen LogP contribution in [0.2, 0.25) is 0 Å². The second-order valence-corrected chi connectivity index (χ2v) is 4.87. The van der Waals surface area contributed by atoms with Gasteiger partial charge in [0.2, 0.25) is 0 Å². The summed E-state index contributed by atoms with van der Waals surface area (Å²) in [6.07, 6.45) is 2.72. The molecular formula is C13H21N3. The largest absolute Gasteiger partial charge is 0.357 e. The summed E-state index contributed by atoms with van der Waals surface area (Å²) in [7, 11) is 2.13. The van der Waals surface area contributed by atoms with E-state index in [-0.39, 0.29) is 0 Å². The quantitative estimate of drug-likeness (QED) is 0.843. The van der Waals surface area contributed by atoms with E-state index in [2.05, 4.69) is 36.0 Å². The maximum Gasteiger partial charge on any atom is 0.129 e. The van der Waals surface area contributed by atoms with Gasteiger partial charge < -0.3 is 10.6 Å². The maximum atomic E-state index is 5.69. The van der Waals surface area contributed by atoms with Gasteiger partial charge in [0.05, 0.1) is 0 Å². The van der Waals surface area contributed by atoms with Crippen LogP contribution in [0.4, 0.5) is 5.82 Å². The molecule has 3 heteroatoms. The second kappa shape index (κ2) is 4.42. The molecule has 16 heavy (non-hydrogen) atoms. The summed E-state index contributed by atoms with van der Waals surface area (Å²) >= 11 is 0. The number of nitrogens with two attached hydrogens (primary N) is 1. The van der Waals surface area contributed by atoms with Gasteiger partial charge in [-0.1, -0.05) is 0 Å². The average Bonchev–Trinajstić information content (AvgIpc) is 3.10. The van der Waals surface area contributed by atoms with Crippen LogP contribution in [0.5, 0.6) is 0 Å². The molecule has 1 unspecified atom stereocenters. The lowest BCUT2D eigenvalue weighted by molar-refractivity contribution is 0.603. The molecule has 1 aromatic heterocycles. The highest BCUT2D eigenvalue weighted by Gasteiger charge is 2.31. The zero-order valence-electron chi connectivity index (χ0n) is 10.4. The first kappa shape index (κ1) is 11.4. The van der Waals surface area contributed by atoms with Gasteiger partial charge >= 0.3 is 0 Å². The maximum absolute atomic E-state index is 5.69. The Bertz CT molecular complexity index is 371.